The predicted molar refractivity (Wildman–Crippen MR) is 51.0 cm³/mol. The summed E-state index contributed by atoms with van der Waals surface area (Å²) in [5.74, 6) is 0. The summed E-state index contributed by atoms with van der Waals surface area (Å²) in [6.07, 6.45) is 5.69. The quantitative estimate of drug-likeness (QED) is 0.551. The average molecular weight is 164 g/mol. The molecule has 58 valence electrons. The third-order valence-corrected chi connectivity index (χ3v) is 3.53. The van der Waals surface area contributed by atoms with Gasteiger partial charge in [-0.05, 0) is 23.4 Å². The van der Waals surface area contributed by atoms with Crippen LogP contribution in [0.25, 0.3) is 6.08 Å². The minimum atomic E-state index is 0.373. The molecule has 0 nitrogen and oxygen atoms in total. The van der Waals surface area contributed by atoms with E-state index < -0.39 is 0 Å². The van der Waals surface area contributed by atoms with Crippen molar-refractivity contribution in [3.63, 3.8) is 0 Å². The molecular weight excluding hydrogens is 152 g/mol. The molecular formula is C10H12S. The molecule has 0 radical (unpaired) electrons. The van der Waals surface area contributed by atoms with Crippen LogP contribution in [0.1, 0.15) is 30.7 Å². The lowest BCUT2D eigenvalue weighted by atomic mass is 9.82. The molecule has 0 saturated carbocycles. The Morgan fingerprint density at radius 3 is 3.00 bits per heavy atom. The fourth-order valence-corrected chi connectivity index (χ4v) is 2.60. The van der Waals surface area contributed by atoms with E-state index in [4.69, 9.17) is 0 Å². The predicted octanol–water partition coefficient (Wildman–Crippen LogP) is 3.44. The maximum absolute atomic E-state index is 2.31. The minimum Gasteiger partial charge on any atom is -0.148 e. The van der Waals surface area contributed by atoms with Gasteiger partial charge in [0.2, 0.25) is 0 Å². The topological polar surface area (TPSA) is 0 Å². The Morgan fingerprint density at radius 1 is 1.45 bits per heavy atom. The Bertz CT molecular complexity index is 292. The van der Waals surface area contributed by atoms with Crippen LogP contribution in [-0.4, -0.2) is 0 Å². The number of thiophene rings is 1. The molecule has 0 N–H and O–H groups in total. The van der Waals surface area contributed by atoms with E-state index in [9.17, 15) is 0 Å². The molecule has 0 aliphatic heterocycles. The number of allylic oxidation sites excluding steroid dienone is 1. The third-order valence-electron chi connectivity index (χ3n) is 2.24. The summed E-state index contributed by atoms with van der Waals surface area (Å²) in [7, 11) is 0. The van der Waals surface area contributed by atoms with Crippen molar-refractivity contribution in [1.29, 1.82) is 0 Å². The van der Waals surface area contributed by atoms with Crippen molar-refractivity contribution in [2.24, 2.45) is 0 Å². The molecule has 1 aliphatic carbocycles. The van der Waals surface area contributed by atoms with Gasteiger partial charge in [0, 0.05) is 10.3 Å². The first kappa shape index (κ1) is 7.11. The molecule has 0 bridgehead atoms. The van der Waals surface area contributed by atoms with E-state index in [1.165, 1.54) is 12.0 Å². The van der Waals surface area contributed by atoms with Gasteiger partial charge in [-0.2, -0.15) is 0 Å². The molecule has 1 aromatic rings. The first-order valence-corrected chi connectivity index (χ1v) is 4.83. The Kier molecular flexibility index (Phi) is 1.43. The molecule has 0 unspecified atom stereocenters. The van der Waals surface area contributed by atoms with E-state index in [-0.39, 0.29) is 0 Å². The summed E-state index contributed by atoms with van der Waals surface area (Å²) in [6.45, 7) is 4.62. The molecule has 0 fully saturated rings. The lowest BCUT2D eigenvalue weighted by Crippen LogP contribution is -2.17. The van der Waals surface area contributed by atoms with Crippen molar-refractivity contribution in [2.45, 2.75) is 25.7 Å². The van der Waals surface area contributed by atoms with Gasteiger partial charge in [-0.1, -0.05) is 26.0 Å². The van der Waals surface area contributed by atoms with Gasteiger partial charge in [-0.25, -0.2) is 0 Å². The fraction of sp³-hybridized carbons (Fsp3) is 0.400. The van der Waals surface area contributed by atoms with Crippen LogP contribution in [0.3, 0.4) is 0 Å². The summed E-state index contributed by atoms with van der Waals surface area (Å²) in [4.78, 5) is 1.54. The molecule has 0 aromatic carbocycles. The van der Waals surface area contributed by atoms with E-state index >= 15 is 0 Å². The normalized spacial score (nSPS) is 19.8. The number of fused-ring (bicyclic) bond motifs is 1. The highest BCUT2D eigenvalue weighted by Gasteiger charge is 2.25. The minimum absolute atomic E-state index is 0.373. The summed E-state index contributed by atoms with van der Waals surface area (Å²) < 4.78 is 0. The van der Waals surface area contributed by atoms with Gasteiger partial charge in [0.05, 0.1) is 0 Å². The van der Waals surface area contributed by atoms with Crippen LogP contribution in [0.2, 0.25) is 0 Å². The first-order chi connectivity index (χ1) is 5.20. The molecule has 1 aliphatic rings. The molecule has 0 saturated heterocycles. The van der Waals surface area contributed by atoms with Crippen LogP contribution in [0.5, 0.6) is 0 Å². The first-order valence-electron chi connectivity index (χ1n) is 3.95. The van der Waals surface area contributed by atoms with Crippen molar-refractivity contribution in [3.8, 4) is 0 Å². The van der Waals surface area contributed by atoms with Crippen LogP contribution < -0.4 is 0 Å². The summed E-state index contributed by atoms with van der Waals surface area (Å²) in [5, 5.41) is 2.18. The Labute approximate surface area is 71.6 Å². The van der Waals surface area contributed by atoms with Crippen LogP contribution in [0.4, 0.5) is 0 Å². The Hall–Kier alpha value is -0.560. The number of hydrogen-bond acceptors (Lipinski definition) is 1. The van der Waals surface area contributed by atoms with Crippen LogP contribution in [-0.2, 0) is 5.41 Å². The number of hydrogen-bond donors (Lipinski definition) is 0. The second-order valence-corrected chi connectivity index (χ2v) is 4.61. The zero-order chi connectivity index (χ0) is 7.90. The van der Waals surface area contributed by atoms with E-state index in [2.05, 4.69) is 37.4 Å². The van der Waals surface area contributed by atoms with E-state index in [0.717, 1.165) is 0 Å². The van der Waals surface area contributed by atoms with Gasteiger partial charge >= 0.3 is 0 Å². The molecule has 0 amide bonds. The van der Waals surface area contributed by atoms with Crippen molar-refractivity contribution in [2.75, 3.05) is 0 Å². The standard InChI is InChI=1S/C10H12S/c1-10(2)6-3-4-8-5-7-11-9(8)10/h3-5,7H,6H2,1-2H3. The Balaban J connectivity index is 2.58. The van der Waals surface area contributed by atoms with Gasteiger partial charge in [0.1, 0.15) is 0 Å². The molecule has 1 aromatic heterocycles. The molecule has 1 heteroatoms. The average Bonchev–Trinajstić information content (AvgIpc) is 2.34. The molecule has 11 heavy (non-hydrogen) atoms. The van der Waals surface area contributed by atoms with Crippen molar-refractivity contribution in [3.05, 3.63) is 28.0 Å². The third kappa shape index (κ3) is 1.04. The maximum Gasteiger partial charge on any atom is 0.0177 e. The highest BCUT2D eigenvalue weighted by molar-refractivity contribution is 7.10. The Morgan fingerprint density at radius 2 is 2.27 bits per heavy atom. The van der Waals surface area contributed by atoms with E-state index in [1.807, 2.05) is 11.3 Å². The summed E-state index contributed by atoms with van der Waals surface area (Å²) in [6, 6.07) is 2.21. The molecule has 0 atom stereocenters. The lowest BCUT2D eigenvalue weighted by molar-refractivity contribution is 0.541. The maximum atomic E-state index is 2.31. The van der Waals surface area contributed by atoms with Gasteiger partial charge in [0.15, 0.2) is 0 Å². The van der Waals surface area contributed by atoms with Crippen LogP contribution in [0.15, 0.2) is 17.5 Å². The fourth-order valence-electron chi connectivity index (χ4n) is 1.57. The molecule has 2 rings (SSSR count). The zero-order valence-corrected chi connectivity index (χ0v) is 7.74. The van der Waals surface area contributed by atoms with Gasteiger partial charge in [-0.15, -0.1) is 11.3 Å². The van der Waals surface area contributed by atoms with Crippen molar-refractivity contribution >= 4 is 17.4 Å². The summed E-state index contributed by atoms with van der Waals surface area (Å²) in [5.41, 5.74) is 1.80. The largest absolute Gasteiger partial charge is 0.148 e. The van der Waals surface area contributed by atoms with E-state index in [1.54, 1.807) is 4.88 Å². The summed E-state index contributed by atoms with van der Waals surface area (Å²) >= 11 is 1.88. The number of rotatable bonds is 0. The van der Waals surface area contributed by atoms with Crippen LogP contribution >= 0.6 is 11.3 Å². The van der Waals surface area contributed by atoms with Gasteiger partial charge in [-0.3, -0.25) is 0 Å². The monoisotopic (exact) mass is 164 g/mol. The highest BCUT2D eigenvalue weighted by atomic mass is 32.1. The smallest absolute Gasteiger partial charge is 0.0177 e. The molecule has 0 spiro atoms. The lowest BCUT2D eigenvalue weighted by Gasteiger charge is -2.25. The van der Waals surface area contributed by atoms with Crippen LogP contribution in [0, 0.1) is 0 Å². The van der Waals surface area contributed by atoms with Crippen molar-refractivity contribution < 1.29 is 0 Å². The second-order valence-electron chi connectivity index (χ2n) is 3.70. The zero-order valence-electron chi connectivity index (χ0n) is 6.92. The van der Waals surface area contributed by atoms with E-state index in [0.29, 0.717) is 5.41 Å². The highest BCUT2D eigenvalue weighted by Crippen LogP contribution is 2.38. The van der Waals surface area contributed by atoms with Gasteiger partial charge in [0.25, 0.3) is 0 Å². The second kappa shape index (κ2) is 2.21. The molecule has 1 heterocycles. The van der Waals surface area contributed by atoms with Crippen molar-refractivity contribution in [1.82, 2.24) is 0 Å². The SMILES string of the molecule is CC1(C)CC=Cc2ccsc21. The van der Waals surface area contributed by atoms with Gasteiger partial charge < -0.3 is 0 Å².